The van der Waals surface area contributed by atoms with Crippen LogP contribution in [0, 0.1) is 5.92 Å². The number of ketones is 2. The number of Topliss-reactive ketones (excluding diaryl/α,β-unsaturated/α-hetero) is 2. The van der Waals surface area contributed by atoms with Gasteiger partial charge in [0, 0.05) is 17.7 Å². The summed E-state index contributed by atoms with van der Waals surface area (Å²) >= 11 is 0. The monoisotopic (exact) mass is 467 g/mol. The molecule has 0 atom stereocenters. The average Bonchev–Trinajstić information content (AvgIpc) is 2.91. The summed E-state index contributed by atoms with van der Waals surface area (Å²) in [5, 5.41) is 9.88. The van der Waals surface area contributed by atoms with E-state index >= 15 is 0 Å². The van der Waals surface area contributed by atoms with Gasteiger partial charge in [0.2, 0.25) is 11.6 Å². The lowest BCUT2D eigenvalue weighted by Gasteiger charge is -2.32. The zero-order chi connectivity index (χ0) is 24.9. The van der Waals surface area contributed by atoms with E-state index in [2.05, 4.69) is 46.4 Å². The van der Waals surface area contributed by atoms with Crippen molar-refractivity contribution in [2.75, 3.05) is 26.2 Å². The topological polar surface area (TPSA) is 123 Å². The first-order chi connectivity index (χ1) is 16.6. The smallest absolute Gasteiger partial charge is 0.211 e. The molecule has 1 heterocycles. The highest BCUT2D eigenvalue weighted by molar-refractivity contribution is 6.26. The maximum Gasteiger partial charge on any atom is 0.211 e. The Morgan fingerprint density at radius 2 is 1.50 bits per heavy atom. The van der Waals surface area contributed by atoms with E-state index in [-0.39, 0.29) is 23.0 Å². The number of piperidine rings is 1. The van der Waals surface area contributed by atoms with Crippen molar-refractivity contribution in [3.05, 3.63) is 82.7 Å². The van der Waals surface area contributed by atoms with Gasteiger partial charge in [-0.05, 0) is 56.8 Å². The van der Waals surface area contributed by atoms with Crippen molar-refractivity contribution < 1.29 is 20.7 Å². The van der Waals surface area contributed by atoms with Crippen LogP contribution >= 0.6 is 0 Å². The van der Waals surface area contributed by atoms with E-state index in [0.717, 1.165) is 32.0 Å². The summed E-state index contributed by atoms with van der Waals surface area (Å²) in [6, 6.07) is 17.6. The molecule has 2 aliphatic rings. The van der Waals surface area contributed by atoms with Gasteiger partial charge >= 0.3 is 0 Å². The van der Waals surface area contributed by atoms with Gasteiger partial charge in [-0.3, -0.25) is 9.59 Å². The third kappa shape index (κ3) is 7.00. The second-order valence-corrected chi connectivity index (χ2v) is 8.25. The van der Waals surface area contributed by atoms with Crippen LogP contribution in [0.1, 0.15) is 59.4 Å². The number of fused-ring (bicyclic) bond motifs is 1. The molecule has 1 aliphatic heterocycles. The molecule has 2 aromatic carbocycles. The number of likely N-dealkylation sites (tertiary alicyclic amines) is 1. The summed E-state index contributed by atoms with van der Waals surface area (Å²) in [4.78, 5) is 27.6. The van der Waals surface area contributed by atoms with Crippen molar-refractivity contribution in [3.63, 3.8) is 0 Å². The lowest BCUT2D eigenvalue weighted by Crippen LogP contribution is -2.42. The van der Waals surface area contributed by atoms with Gasteiger partial charge in [-0.2, -0.15) is 0 Å². The number of hydrogen-bond donors (Lipinski definition) is 4. The largest absolute Gasteiger partial charge is 0.394 e. The Hall–Kier alpha value is -3.00. The third-order valence-electron chi connectivity index (χ3n) is 6.18. The van der Waals surface area contributed by atoms with Crippen molar-refractivity contribution in [2.24, 2.45) is 11.7 Å². The Labute approximate surface area is 202 Å². The zero-order valence-electron chi connectivity index (χ0n) is 20.4. The van der Waals surface area contributed by atoms with E-state index in [4.69, 9.17) is 10.9 Å². The van der Waals surface area contributed by atoms with E-state index in [9.17, 15) is 9.59 Å². The number of nitrogens with two attached hydrogens (primary N) is 1. The molecule has 2 aromatic rings. The number of allylic oxidation sites excluding steroid dienone is 2. The van der Waals surface area contributed by atoms with E-state index in [1.807, 2.05) is 13.8 Å². The molecule has 0 saturated carbocycles. The lowest BCUT2D eigenvalue weighted by molar-refractivity contribution is -0.670. The first-order valence-electron chi connectivity index (χ1n) is 12.1. The van der Waals surface area contributed by atoms with Crippen molar-refractivity contribution in [2.45, 2.75) is 39.5 Å². The van der Waals surface area contributed by atoms with Gasteiger partial charge in [0.05, 0.1) is 0 Å². The van der Waals surface area contributed by atoms with Crippen LogP contribution < -0.4 is 16.9 Å². The minimum absolute atomic E-state index is 0.0282. The Morgan fingerprint density at radius 1 is 0.941 bits per heavy atom. The summed E-state index contributed by atoms with van der Waals surface area (Å²) in [7, 11) is 0. The quantitative estimate of drug-likeness (QED) is 0.367. The van der Waals surface area contributed by atoms with Gasteiger partial charge in [-0.15, -0.1) is 0 Å². The van der Waals surface area contributed by atoms with E-state index in [0.29, 0.717) is 17.7 Å². The molecule has 1 aliphatic carbocycles. The molecule has 0 aromatic heterocycles. The second-order valence-electron chi connectivity index (χ2n) is 8.25. The molecule has 0 unspecified atom stereocenters. The summed E-state index contributed by atoms with van der Waals surface area (Å²) in [6.45, 7) is 7.85. The minimum Gasteiger partial charge on any atom is -0.394 e. The summed E-state index contributed by atoms with van der Waals surface area (Å²) in [6.07, 6.45) is 4.53. The van der Waals surface area contributed by atoms with Crippen LogP contribution in [0.2, 0.25) is 0 Å². The minimum atomic E-state index is -0.270. The van der Waals surface area contributed by atoms with E-state index < -0.39 is 0 Å². The Kier molecular flexibility index (Phi) is 11.5. The standard InChI is InChI=1S/C25H29N3O2.C2H6.H4NO/c26-22-23(25(30)21-10-5-4-9-20(21)24(22)29)27-13-6-14-28-15-11-19(12-16-28)17-18-7-2-1-3-8-18;2*1-2/h1-5,7-10,19,27H,6,11-17,26H2;1-2H3;2H,1H3/q;;+1. The number of rotatable bonds is 7. The maximum absolute atomic E-state index is 12.7. The van der Waals surface area contributed by atoms with Crippen molar-refractivity contribution in [1.82, 2.24) is 10.2 Å². The molecular formula is C27H39N4O3+. The van der Waals surface area contributed by atoms with Gasteiger partial charge in [0.1, 0.15) is 11.4 Å². The van der Waals surface area contributed by atoms with E-state index in [1.54, 1.807) is 24.3 Å². The zero-order valence-corrected chi connectivity index (χ0v) is 20.4. The van der Waals surface area contributed by atoms with Crippen LogP contribution in [0.15, 0.2) is 66.0 Å². The molecule has 7 heteroatoms. The number of nitrogens with zero attached hydrogens (tertiary/aromatic N) is 1. The number of quaternary nitrogens is 1. The van der Waals surface area contributed by atoms with Gasteiger partial charge in [-0.25, -0.2) is 11.1 Å². The normalized spacial score (nSPS) is 16.1. The van der Waals surface area contributed by atoms with Crippen LogP contribution in [0.4, 0.5) is 0 Å². The SMILES string of the molecule is CC.NC1=C(NCCCN2CCC(Cc3ccccc3)CC2)C(=O)c2ccccc2C1=O.[NH3+]O. The summed E-state index contributed by atoms with van der Waals surface area (Å²) in [5.74, 6) is 2.55. The number of carbonyl (C=O) groups excluding carboxylic acids is 2. The first-order valence-corrected chi connectivity index (χ1v) is 12.1. The summed E-state index contributed by atoms with van der Waals surface area (Å²) < 4.78 is 0. The second kappa shape index (κ2) is 14.3. The molecule has 1 fully saturated rings. The fraction of sp³-hybridized carbons (Fsp3) is 0.407. The van der Waals surface area contributed by atoms with Crippen molar-refractivity contribution >= 4 is 11.6 Å². The van der Waals surface area contributed by atoms with Gasteiger partial charge in [-0.1, -0.05) is 68.4 Å². The molecule has 4 rings (SSSR count). The number of benzene rings is 2. The number of nitrogens with one attached hydrogen (secondary N) is 1. The average molecular weight is 468 g/mol. The van der Waals surface area contributed by atoms with Crippen LogP contribution in [0.5, 0.6) is 0 Å². The van der Waals surface area contributed by atoms with Crippen LogP contribution in [-0.2, 0) is 6.42 Å². The fourth-order valence-electron chi connectivity index (χ4n) is 4.45. The number of carbonyl (C=O) groups is 2. The molecule has 0 radical (unpaired) electrons. The predicted octanol–water partition coefficient (Wildman–Crippen LogP) is 2.81. The van der Waals surface area contributed by atoms with Crippen molar-refractivity contribution in [3.8, 4) is 0 Å². The molecule has 0 amide bonds. The summed E-state index contributed by atoms with van der Waals surface area (Å²) in [5.41, 5.74) is 8.50. The Morgan fingerprint density at radius 3 is 2.12 bits per heavy atom. The molecule has 34 heavy (non-hydrogen) atoms. The Bertz CT molecular complexity index is 951. The third-order valence-corrected chi connectivity index (χ3v) is 6.18. The highest BCUT2D eigenvalue weighted by Gasteiger charge is 2.30. The molecule has 7 N–H and O–H groups in total. The Balaban J connectivity index is 0.000000970. The lowest BCUT2D eigenvalue weighted by atomic mass is 9.90. The van der Waals surface area contributed by atoms with Gasteiger partial charge < -0.3 is 16.0 Å². The molecule has 0 bridgehead atoms. The molecule has 7 nitrogen and oxygen atoms in total. The van der Waals surface area contributed by atoms with Crippen LogP contribution in [0.25, 0.3) is 0 Å². The highest BCUT2D eigenvalue weighted by Crippen LogP contribution is 2.23. The molecule has 0 spiro atoms. The molecular weight excluding hydrogens is 428 g/mol. The van der Waals surface area contributed by atoms with E-state index in [1.165, 1.54) is 24.8 Å². The van der Waals surface area contributed by atoms with Crippen LogP contribution in [-0.4, -0.2) is 47.9 Å². The number of hydrogen-bond acceptors (Lipinski definition) is 6. The van der Waals surface area contributed by atoms with Crippen LogP contribution in [0.3, 0.4) is 0 Å². The fourth-order valence-corrected chi connectivity index (χ4v) is 4.45. The first kappa shape index (κ1) is 27.2. The molecule has 1 saturated heterocycles. The van der Waals surface area contributed by atoms with Gasteiger partial charge in [0.15, 0.2) is 0 Å². The molecule has 184 valence electrons. The van der Waals surface area contributed by atoms with Gasteiger partial charge in [0.25, 0.3) is 0 Å². The van der Waals surface area contributed by atoms with Crippen molar-refractivity contribution in [1.29, 1.82) is 0 Å². The maximum atomic E-state index is 12.7. The highest BCUT2D eigenvalue weighted by atomic mass is 16.4. The predicted molar refractivity (Wildman–Crippen MR) is 134 cm³/mol.